The first-order valence-corrected chi connectivity index (χ1v) is 8.08. The van der Waals surface area contributed by atoms with Crippen molar-refractivity contribution < 1.29 is 17.5 Å². The normalized spacial score (nSPS) is 19.4. The van der Waals surface area contributed by atoms with Crippen molar-refractivity contribution in [3.63, 3.8) is 0 Å². The fraction of sp³-hybridized carbons (Fsp3) is 0.500. The lowest BCUT2D eigenvalue weighted by Gasteiger charge is -2.11. The predicted molar refractivity (Wildman–Crippen MR) is 74.6 cm³/mol. The molecule has 1 atom stereocenters. The molecule has 1 fully saturated rings. The van der Waals surface area contributed by atoms with Gasteiger partial charge in [0.15, 0.2) is 5.82 Å². The van der Waals surface area contributed by atoms with Crippen molar-refractivity contribution in [2.75, 3.05) is 25.5 Å². The van der Waals surface area contributed by atoms with Crippen LogP contribution in [0.15, 0.2) is 17.0 Å². The second kappa shape index (κ2) is 6.26. The highest BCUT2D eigenvalue weighted by atomic mass is 35.5. The minimum Gasteiger partial charge on any atom is -0.399 e. The second-order valence-corrected chi connectivity index (χ2v) is 6.87. The summed E-state index contributed by atoms with van der Waals surface area (Å²) in [6, 6.07) is 2.23. The van der Waals surface area contributed by atoms with Crippen LogP contribution in [0, 0.1) is 11.7 Å². The number of benzene rings is 1. The summed E-state index contributed by atoms with van der Waals surface area (Å²) in [6.45, 7) is 1.57. The Bertz CT molecular complexity index is 589. The van der Waals surface area contributed by atoms with Crippen molar-refractivity contribution in [2.24, 2.45) is 5.92 Å². The summed E-state index contributed by atoms with van der Waals surface area (Å²) in [5.74, 6) is -0.649. The van der Waals surface area contributed by atoms with Crippen molar-refractivity contribution in [1.82, 2.24) is 4.72 Å². The Morgan fingerprint density at radius 1 is 1.50 bits per heavy atom. The molecule has 0 saturated carbocycles. The Balaban J connectivity index is 2.06. The molecule has 1 unspecified atom stereocenters. The van der Waals surface area contributed by atoms with Gasteiger partial charge in [0.05, 0.1) is 5.02 Å². The van der Waals surface area contributed by atoms with Crippen LogP contribution in [0.2, 0.25) is 5.02 Å². The van der Waals surface area contributed by atoms with E-state index in [0.29, 0.717) is 25.6 Å². The standard InChI is InChI=1S/C12H16ClFN2O3S/c13-10-5-9(15)6-11(12(10)14)20(17,18)16-3-1-8-2-4-19-7-8/h5-6,8,16H,1-4,7,15H2. The molecule has 5 nitrogen and oxygen atoms in total. The lowest BCUT2D eigenvalue weighted by Crippen LogP contribution is -2.27. The van der Waals surface area contributed by atoms with Crippen molar-refractivity contribution in [2.45, 2.75) is 17.7 Å². The van der Waals surface area contributed by atoms with E-state index in [4.69, 9.17) is 22.1 Å². The summed E-state index contributed by atoms with van der Waals surface area (Å²) < 4.78 is 45.4. The van der Waals surface area contributed by atoms with E-state index in [-0.39, 0.29) is 17.3 Å². The Morgan fingerprint density at radius 3 is 2.90 bits per heavy atom. The van der Waals surface area contributed by atoms with Crippen molar-refractivity contribution >= 4 is 27.3 Å². The molecule has 112 valence electrons. The number of nitrogens with two attached hydrogens (primary N) is 1. The van der Waals surface area contributed by atoms with Crippen LogP contribution in [-0.2, 0) is 14.8 Å². The lowest BCUT2D eigenvalue weighted by molar-refractivity contribution is 0.184. The van der Waals surface area contributed by atoms with Crippen molar-refractivity contribution in [1.29, 1.82) is 0 Å². The molecule has 0 aromatic heterocycles. The van der Waals surface area contributed by atoms with Gasteiger partial charge in [0.2, 0.25) is 10.0 Å². The average Bonchev–Trinajstić information content (AvgIpc) is 2.86. The van der Waals surface area contributed by atoms with E-state index in [0.717, 1.165) is 12.5 Å². The van der Waals surface area contributed by atoms with E-state index in [9.17, 15) is 12.8 Å². The van der Waals surface area contributed by atoms with E-state index in [1.165, 1.54) is 6.07 Å². The topological polar surface area (TPSA) is 81.4 Å². The molecule has 0 amide bonds. The average molecular weight is 323 g/mol. The number of hydrogen-bond acceptors (Lipinski definition) is 4. The van der Waals surface area contributed by atoms with Gasteiger partial charge in [-0.3, -0.25) is 0 Å². The second-order valence-electron chi connectivity index (χ2n) is 4.73. The fourth-order valence-corrected chi connectivity index (χ4v) is 3.53. The summed E-state index contributed by atoms with van der Waals surface area (Å²) in [6.07, 6.45) is 1.57. The van der Waals surface area contributed by atoms with Gasteiger partial charge in [-0.25, -0.2) is 17.5 Å². The third-order valence-electron chi connectivity index (χ3n) is 3.18. The molecule has 0 radical (unpaired) electrons. The molecule has 1 aromatic carbocycles. The Kier molecular flexibility index (Phi) is 4.85. The van der Waals surface area contributed by atoms with Crippen LogP contribution < -0.4 is 10.5 Å². The van der Waals surface area contributed by atoms with Gasteiger partial charge in [-0.2, -0.15) is 0 Å². The number of sulfonamides is 1. The van der Waals surface area contributed by atoms with Gasteiger partial charge in [-0.15, -0.1) is 0 Å². The highest BCUT2D eigenvalue weighted by molar-refractivity contribution is 7.89. The first kappa shape index (κ1) is 15.5. The van der Waals surface area contributed by atoms with Gasteiger partial charge < -0.3 is 10.5 Å². The molecule has 1 aromatic rings. The zero-order valence-electron chi connectivity index (χ0n) is 10.7. The maximum absolute atomic E-state index is 13.8. The van der Waals surface area contributed by atoms with E-state index in [1.54, 1.807) is 0 Å². The van der Waals surface area contributed by atoms with Crippen molar-refractivity contribution in [3.8, 4) is 0 Å². The quantitative estimate of drug-likeness (QED) is 0.809. The van der Waals surface area contributed by atoms with Gasteiger partial charge in [-0.1, -0.05) is 11.6 Å². The number of anilines is 1. The van der Waals surface area contributed by atoms with E-state index < -0.39 is 20.7 Å². The van der Waals surface area contributed by atoms with E-state index in [2.05, 4.69) is 4.72 Å². The Morgan fingerprint density at radius 2 is 2.25 bits per heavy atom. The minimum atomic E-state index is -3.96. The monoisotopic (exact) mass is 322 g/mol. The molecule has 1 aliphatic rings. The zero-order chi connectivity index (χ0) is 14.8. The third-order valence-corrected chi connectivity index (χ3v) is 4.91. The molecule has 1 saturated heterocycles. The number of rotatable bonds is 5. The summed E-state index contributed by atoms with van der Waals surface area (Å²) in [5.41, 5.74) is 5.59. The molecule has 20 heavy (non-hydrogen) atoms. The highest BCUT2D eigenvalue weighted by Crippen LogP contribution is 2.25. The van der Waals surface area contributed by atoms with Crippen LogP contribution in [0.25, 0.3) is 0 Å². The van der Waals surface area contributed by atoms with Crippen LogP contribution in [0.4, 0.5) is 10.1 Å². The molecule has 0 bridgehead atoms. The Hall–Kier alpha value is -0.890. The summed E-state index contributed by atoms with van der Waals surface area (Å²) in [7, 11) is -3.96. The largest absolute Gasteiger partial charge is 0.399 e. The highest BCUT2D eigenvalue weighted by Gasteiger charge is 2.22. The molecule has 8 heteroatoms. The molecule has 1 heterocycles. The van der Waals surface area contributed by atoms with Crippen LogP contribution in [0.5, 0.6) is 0 Å². The van der Waals surface area contributed by atoms with Gasteiger partial charge in [0.25, 0.3) is 0 Å². The molecule has 3 N–H and O–H groups in total. The minimum absolute atomic E-state index is 0.0981. The molecular weight excluding hydrogens is 307 g/mol. The number of hydrogen-bond donors (Lipinski definition) is 2. The molecule has 2 rings (SSSR count). The predicted octanol–water partition coefficient (Wildman–Crippen LogP) is 1.77. The number of halogens is 2. The first-order valence-electron chi connectivity index (χ1n) is 6.22. The van der Waals surface area contributed by atoms with Crippen LogP contribution >= 0.6 is 11.6 Å². The van der Waals surface area contributed by atoms with Crippen LogP contribution in [0.3, 0.4) is 0 Å². The zero-order valence-corrected chi connectivity index (χ0v) is 12.3. The summed E-state index contributed by atoms with van der Waals surface area (Å²) >= 11 is 5.60. The fourth-order valence-electron chi connectivity index (χ4n) is 2.07. The van der Waals surface area contributed by atoms with Gasteiger partial charge in [0, 0.05) is 25.4 Å². The smallest absolute Gasteiger partial charge is 0.243 e. The number of ether oxygens (including phenoxy) is 1. The number of nitrogens with one attached hydrogen (secondary N) is 1. The molecule has 1 aliphatic heterocycles. The summed E-state index contributed by atoms with van der Waals surface area (Å²) in [4.78, 5) is -0.523. The maximum Gasteiger partial charge on any atom is 0.243 e. The van der Waals surface area contributed by atoms with Gasteiger partial charge in [0.1, 0.15) is 4.90 Å². The molecule has 0 aliphatic carbocycles. The SMILES string of the molecule is Nc1cc(Cl)c(F)c(S(=O)(=O)NCCC2CCOC2)c1. The van der Waals surface area contributed by atoms with E-state index >= 15 is 0 Å². The maximum atomic E-state index is 13.8. The first-order chi connectivity index (χ1) is 9.40. The lowest BCUT2D eigenvalue weighted by atomic mass is 10.1. The van der Waals surface area contributed by atoms with Gasteiger partial charge >= 0.3 is 0 Å². The third kappa shape index (κ3) is 3.60. The van der Waals surface area contributed by atoms with Crippen molar-refractivity contribution in [3.05, 3.63) is 23.0 Å². The van der Waals surface area contributed by atoms with Gasteiger partial charge in [-0.05, 0) is 30.9 Å². The van der Waals surface area contributed by atoms with Crippen LogP contribution in [-0.4, -0.2) is 28.2 Å². The van der Waals surface area contributed by atoms with Crippen LogP contribution in [0.1, 0.15) is 12.8 Å². The molecular formula is C12H16ClFN2O3S. The molecule has 0 spiro atoms. The van der Waals surface area contributed by atoms with E-state index in [1.807, 2.05) is 0 Å². The number of nitrogen functional groups attached to an aromatic ring is 1. The Labute approximate surface area is 122 Å². The summed E-state index contributed by atoms with van der Waals surface area (Å²) in [5, 5.41) is -0.311.